The average molecular weight is 192 g/mol. The van der Waals surface area contributed by atoms with Gasteiger partial charge in [0.2, 0.25) is 0 Å². The van der Waals surface area contributed by atoms with Crippen molar-refractivity contribution in [2.24, 2.45) is 0 Å². The first-order chi connectivity index (χ1) is 6.63. The molecule has 0 fully saturated rings. The molecule has 0 aliphatic heterocycles. The maximum absolute atomic E-state index is 12.8. The molecule has 1 aromatic carbocycles. The van der Waals surface area contributed by atoms with Crippen LogP contribution in [0.1, 0.15) is 5.56 Å². The molecular weight excluding hydrogens is 182 g/mol. The van der Waals surface area contributed by atoms with Gasteiger partial charge in [0.1, 0.15) is 5.82 Å². The fraction of sp³-hybridized carbons (Fsp3) is 0.100. The van der Waals surface area contributed by atoms with Crippen molar-refractivity contribution in [3.8, 4) is 0 Å². The van der Waals surface area contributed by atoms with Crippen molar-refractivity contribution in [2.45, 2.75) is 6.82 Å². The zero-order valence-corrected chi connectivity index (χ0v) is 7.83. The van der Waals surface area contributed by atoms with E-state index in [2.05, 4.69) is 0 Å². The van der Waals surface area contributed by atoms with Gasteiger partial charge in [0.15, 0.2) is 7.28 Å². The Balaban J connectivity index is 3.04. The smallest absolute Gasteiger partial charge is 0.328 e. The molecule has 0 amide bonds. The molecule has 4 heteroatoms. The molecule has 72 valence electrons. The summed E-state index contributed by atoms with van der Waals surface area (Å²) in [7, 11) is 0.750. The van der Waals surface area contributed by atoms with Crippen molar-refractivity contribution in [1.82, 2.24) is 0 Å². The first kappa shape index (κ1) is 10.5. The normalized spacial score (nSPS) is 10.4. The third-order valence-corrected chi connectivity index (χ3v) is 1.89. The predicted molar refractivity (Wildman–Crippen MR) is 55.7 cm³/mol. The largest absolute Gasteiger partial charge is 0.478 e. The van der Waals surface area contributed by atoms with Gasteiger partial charge in [-0.2, -0.15) is 0 Å². The van der Waals surface area contributed by atoms with E-state index in [4.69, 9.17) is 5.11 Å². The van der Waals surface area contributed by atoms with E-state index in [9.17, 15) is 9.18 Å². The Labute approximate surface area is 82.3 Å². The minimum absolute atomic E-state index is 0.354. The van der Waals surface area contributed by atoms with E-state index < -0.39 is 5.97 Å². The van der Waals surface area contributed by atoms with Crippen molar-refractivity contribution in [3.05, 3.63) is 35.7 Å². The number of hydrogen-bond acceptors (Lipinski definition) is 1. The predicted octanol–water partition coefficient (Wildman–Crippen LogP) is 1.03. The van der Waals surface area contributed by atoms with Gasteiger partial charge in [-0.25, -0.2) is 9.18 Å². The highest BCUT2D eigenvalue weighted by atomic mass is 19.1. The van der Waals surface area contributed by atoms with Crippen molar-refractivity contribution >= 4 is 24.8 Å². The van der Waals surface area contributed by atoms with Crippen LogP contribution in [0.4, 0.5) is 4.39 Å². The zero-order chi connectivity index (χ0) is 10.6. The molecule has 0 bridgehead atoms. The molecule has 0 saturated heterocycles. The van der Waals surface area contributed by atoms with Gasteiger partial charge in [-0.1, -0.05) is 18.4 Å². The average Bonchev–Trinajstić information content (AvgIpc) is 2.15. The first-order valence-corrected chi connectivity index (χ1v) is 4.33. The van der Waals surface area contributed by atoms with Crippen LogP contribution in [0.3, 0.4) is 0 Å². The maximum Gasteiger partial charge on any atom is 0.328 e. The van der Waals surface area contributed by atoms with Gasteiger partial charge in [0.05, 0.1) is 0 Å². The second-order valence-corrected chi connectivity index (χ2v) is 2.87. The Morgan fingerprint density at radius 1 is 1.57 bits per heavy atom. The molecule has 0 heterocycles. The summed E-state index contributed by atoms with van der Waals surface area (Å²) < 4.78 is 12.8. The van der Waals surface area contributed by atoms with Crippen LogP contribution in [0, 0.1) is 5.82 Å². The van der Waals surface area contributed by atoms with Gasteiger partial charge in [0.25, 0.3) is 0 Å². The third kappa shape index (κ3) is 2.73. The minimum Gasteiger partial charge on any atom is -0.478 e. The lowest BCUT2D eigenvalue weighted by atomic mass is 9.71. The van der Waals surface area contributed by atoms with E-state index in [1.807, 2.05) is 6.82 Å². The van der Waals surface area contributed by atoms with E-state index in [-0.39, 0.29) is 5.82 Å². The molecule has 1 rings (SSSR count). The van der Waals surface area contributed by atoms with Crippen LogP contribution in [-0.4, -0.2) is 18.4 Å². The van der Waals surface area contributed by atoms with Crippen LogP contribution in [0.15, 0.2) is 24.3 Å². The van der Waals surface area contributed by atoms with Crippen molar-refractivity contribution < 1.29 is 14.3 Å². The van der Waals surface area contributed by atoms with E-state index in [0.717, 1.165) is 18.8 Å². The lowest BCUT2D eigenvalue weighted by molar-refractivity contribution is -0.131. The molecule has 0 aliphatic carbocycles. The summed E-state index contributed by atoms with van der Waals surface area (Å²) >= 11 is 0. The fourth-order valence-corrected chi connectivity index (χ4v) is 1.20. The first-order valence-electron chi connectivity index (χ1n) is 4.33. The van der Waals surface area contributed by atoms with E-state index in [1.165, 1.54) is 18.2 Å². The minimum atomic E-state index is -1.03. The Morgan fingerprint density at radius 2 is 2.29 bits per heavy atom. The number of carbonyl (C=O) groups is 1. The standard InChI is InChI=1S/C10H10BFO2/c1-11-9-4-3-8(12)6-7(9)2-5-10(13)14/h2-6,11H,1H3,(H,13,14)/b5-2+. The lowest BCUT2D eigenvalue weighted by Gasteiger charge is -2.01. The molecule has 0 atom stereocenters. The highest BCUT2D eigenvalue weighted by molar-refractivity contribution is 6.53. The quantitative estimate of drug-likeness (QED) is 0.573. The van der Waals surface area contributed by atoms with Gasteiger partial charge in [-0.15, -0.1) is 0 Å². The maximum atomic E-state index is 12.8. The van der Waals surface area contributed by atoms with Crippen LogP contribution in [-0.2, 0) is 4.79 Å². The van der Waals surface area contributed by atoms with Gasteiger partial charge in [-0.05, 0) is 23.8 Å². The number of benzene rings is 1. The van der Waals surface area contributed by atoms with Crippen LogP contribution < -0.4 is 5.46 Å². The molecule has 0 spiro atoms. The summed E-state index contributed by atoms with van der Waals surface area (Å²) in [5.74, 6) is -1.39. The highest BCUT2D eigenvalue weighted by Gasteiger charge is 2.00. The summed E-state index contributed by atoms with van der Waals surface area (Å²) in [5.41, 5.74) is 1.55. The second-order valence-electron chi connectivity index (χ2n) is 2.87. The van der Waals surface area contributed by atoms with Crippen molar-refractivity contribution in [3.63, 3.8) is 0 Å². The van der Waals surface area contributed by atoms with Crippen LogP contribution in [0.5, 0.6) is 0 Å². The van der Waals surface area contributed by atoms with Crippen LogP contribution in [0.25, 0.3) is 6.08 Å². The number of hydrogen-bond donors (Lipinski definition) is 1. The Hall–Kier alpha value is -1.58. The highest BCUT2D eigenvalue weighted by Crippen LogP contribution is 2.03. The molecule has 2 nitrogen and oxygen atoms in total. The molecular formula is C10H10BFO2. The molecule has 1 N–H and O–H groups in total. The molecule has 0 radical (unpaired) electrons. The summed E-state index contributed by atoms with van der Waals surface area (Å²) in [6, 6.07) is 4.37. The fourth-order valence-electron chi connectivity index (χ4n) is 1.20. The Kier molecular flexibility index (Phi) is 3.45. The number of rotatable bonds is 3. The summed E-state index contributed by atoms with van der Waals surface area (Å²) in [6.07, 6.45) is 2.41. The molecule has 0 aromatic heterocycles. The lowest BCUT2D eigenvalue weighted by Crippen LogP contribution is -2.14. The molecule has 14 heavy (non-hydrogen) atoms. The molecule has 0 unspecified atom stereocenters. The van der Waals surface area contributed by atoms with Gasteiger partial charge < -0.3 is 5.11 Å². The second kappa shape index (κ2) is 4.60. The van der Waals surface area contributed by atoms with Gasteiger partial charge in [0, 0.05) is 6.08 Å². The van der Waals surface area contributed by atoms with E-state index >= 15 is 0 Å². The third-order valence-electron chi connectivity index (χ3n) is 1.89. The van der Waals surface area contributed by atoms with Crippen molar-refractivity contribution in [1.29, 1.82) is 0 Å². The van der Waals surface area contributed by atoms with Crippen LogP contribution in [0.2, 0.25) is 6.82 Å². The topological polar surface area (TPSA) is 37.3 Å². The van der Waals surface area contributed by atoms with E-state index in [1.54, 1.807) is 6.07 Å². The van der Waals surface area contributed by atoms with Gasteiger partial charge >= 0.3 is 5.97 Å². The van der Waals surface area contributed by atoms with Gasteiger partial charge in [-0.3, -0.25) is 0 Å². The monoisotopic (exact) mass is 192 g/mol. The molecule has 1 aromatic rings. The number of halogens is 1. The Morgan fingerprint density at radius 3 is 2.86 bits per heavy atom. The summed E-state index contributed by atoms with van der Waals surface area (Å²) in [6.45, 7) is 1.94. The Bertz CT molecular complexity index is 374. The van der Waals surface area contributed by atoms with Crippen LogP contribution >= 0.6 is 0 Å². The summed E-state index contributed by atoms with van der Waals surface area (Å²) in [5, 5.41) is 8.43. The molecule has 0 saturated carbocycles. The van der Waals surface area contributed by atoms with Crippen molar-refractivity contribution in [2.75, 3.05) is 0 Å². The number of carboxylic acids is 1. The SMILES string of the molecule is CBc1ccc(F)cc1/C=C/C(=O)O. The number of aliphatic carboxylic acids is 1. The number of carboxylic acid groups (broad SMARTS) is 1. The molecule has 0 aliphatic rings. The zero-order valence-electron chi connectivity index (χ0n) is 7.83. The van der Waals surface area contributed by atoms with E-state index in [0.29, 0.717) is 5.56 Å². The summed E-state index contributed by atoms with van der Waals surface area (Å²) in [4.78, 5) is 10.3.